The van der Waals surface area contributed by atoms with Crippen LogP contribution in [0.25, 0.3) is 17.4 Å². The summed E-state index contributed by atoms with van der Waals surface area (Å²) in [4.78, 5) is 33.9. The third-order valence-corrected chi connectivity index (χ3v) is 8.67. The van der Waals surface area contributed by atoms with E-state index in [9.17, 15) is 23.3 Å². The third kappa shape index (κ3) is 5.88. The lowest BCUT2D eigenvalue weighted by Gasteiger charge is -2.12. The maximum absolute atomic E-state index is 13.1. The number of hydrogen-bond donors (Lipinski definition) is 1. The number of thioether (sulfide) groups is 1. The number of carbonyl (C=O) groups is 1. The zero-order chi connectivity index (χ0) is 28.3. The number of sulfonamides is 1. The Balaban J connectivity index is 1.36. The van der Waals surface area contributed by atoms with Gasteiger partial charge in [-0.05, 0) is 60.3 Å². The summed E-state index contributed by atoms with van der Waals surface area (Å²) >= 11 is 2.32. The molecule has 0 radical (unpaired) electrons. The summed E-state index contributed by atoms with van der Waals surface area (Å²) in [6, 6.07) is 15.3. The number of nitrogens with zero attached hydrogens (tertiary/aromatic N) is 4. The summed E-state index contributed by atoms with van der Waals surface area (Å²) in [5.74, 6) is 0.628. The highest BCUT2D eigenvalue weighted by atomic mass is 32.2. The number of amidine groups is 1. The van der Waals surface area contributed by atoms with Crippen molar-refractivity contribution in [2.45, 2.75) is 4.90 Å². The smallest absolute Gasteiger partial charge is 0.269 e. The number of anilines is 1. The number of amides is 1. The van der Waals surface area contributed by atoms with Gasteiger partial charge in [0, 0.05) is 41.9 Å². The van der Waals surface area contributed by atoms with Gasteiger partial charge in [-0.3, -0.25) is 24.5 Å². The van der Waals surface area contributed by atoms with E-state index >= 15 is 0 Å². The van der Waals surface area contributed by atoms with E-state index in [-0.39, 0.29) is 28.2 Å². The van der Waals surface area contributed by atoms with E-state index < -0.39 is 14.9 Å². The van der Waals surface area contributed by atoms with Gasteiger partial charge in [0.2, 0.25) is 0 Å². The molecule has 1 saturated heterocycles. The van der Waals surface area contributed by atoms with Crippen LogP contribution in [0.4, 0.5) is 16.5 Å². The molecule has 0 unspecified atom stereocenters. The average molecular weight is 594 g/mol. The predicted octanol–water partition coefficient (Wildman–Crippen LogP) is 5.90. The van der Waals surface area contributed by atoms with Crippen molar-refractivity contribution in [2.24, 2.45) is 4.99 Å². The van der Waals surface area contributed by atoms with Crippen LogP contribution < -0.4 is 4.72 Å². The fraction of sp³-hybridized carbons (Fsp3) is 0.0385. The van der Waals surface area contributed by atoms with Crippen LogP contribution in [-0.4, -0.2) is 40.8 Å². The summed E-state index contributed by atoms with van der Waals surface area (Å²) < 4.78 is 33.5. The van der Waals surface area contributed by atoms with Crippen LogP contribution in [-0.2, 0) is 14.8 Å². The van der Waals surface area contributed by atoms with E-state index in [1.54, 1.807) is 53.9 Å². The van der Waals surface area contributed by atoms with E-state index in [1.807, 2.05) is 0 Å². The van der Waals surface area contributed by atoms with Crippen molar-refractivity contribution in [2.75, 3.05) is 11.3 Å². The van der Waals surface area contributed by atoms with Crippen molar-refractivity contribution >= 4 is 66.8 Å². The third-order valence-electron chi connectivity index (χ3n) is 5.49. The molecule has 1 fully saturated rings. The number of hydrogen-bond acceptors (Lipinski definition) is 10. The molecule has 0 bridgehead atoms. The lowest BCUT2D eigenvalue weighted by molar-refractivity contribution is -0.384. The molecule has 202 valence electrons. The number of nitro benzene ring substituents is 1. The molecule has 14 heteroatoms. The number of carbonyl (C=O) groups excluding carboxylic acids is 1. The van der Waals surface area contributed by atoms with Crippen molar-refractivity contribution < 1.29 is 22.6 Å². The second kappa shape index (κ2) is 11.3. The van der Waals surface area contributed by atoms with Gasteiger partial charge in [-0.25, -0.2) is 18.4 Å². The minimum atomic E-state index is -3.81. The zero-order valence-electron chi connectivity index (χ0n) is 20.5. The molecule has 5 rings (SSSR count). The van der Waals surface area contributed by atoms with E-state index in [1.165, 1.54) is 46.7 Å². The van der Waals surface area contributed by atoms with Crippen molar-refractivity contribution in [3.05, 3.63) is 106 Å². The molecular weight excluding hydrogens is 575 g/mol. The topological polar surface area (TPSA) is 148 Å². The lowest BCUT2D eigenvalue weighted by Crippen LogP contribution is -2.29. The van der Waals surface area contributed by atoms with Crippen LogP contribution in [0.3, 0.4) is 0 Å². The molecule has 0 saturated carbocycles. The van der Waals surface area contributed by atoms with Crippen LogP contribution in [0, 0.1) is 10.1 Å². The molecule has 0 spiro atoms. The van der Waals surface area contributed by atoms with Crippen molar-refractivity contribution in [3.8, 4) is 11.3 Å². The first-order valence-corrected chi connectivity index (χ1v) is 14.7. The summed E-state index contributed by atoms with van der Waals surface area (Å²) in [7, 11) is -3.81. The van der Waals surface area contributed by atoms with Crippen LogP contribution >= 0.6 is 23.1 Å². The highest BCUT2D eigenvalue weighted by molar-refractivity contribution is 8.18. The Bertz CT molecular complexity index is 1740. The lowest BCUT2D eigenvalue weighted by atomic mass is 10.1. The van der Waals surface area contributed by atoms with Gasteiger partial charge < -0.3 is 4.42 Å². The molecule has 1 amide bonds. The predicted molar refractivity (Wildman–Crippen MR) is 155 cm³/mol. The fourth-order valence-electron chi connectivity index (χ4n) is 3.60. The van der Waals surface area contributed by atoms with Crippen LogP contribution in [0.15, 0.2) is 104 Å². The van der Waals surface area contributed by atoms with Gasteiger partial charge in [0.05, 0.1) is 20.4 Å². The molecule has 40 heavy (non-hydrogen) atoms. The normalized spacial score (nSPS) is 15.6. The van der Waals surface area contributed by atoms with E-state index in [0.717, 1.165) is 11.8 Å². The Kier molecular flexibility index (Phi) is 7.64. The largest absolute Gasteiger partial charge is 0.457 e. The summed E-state index contributed by atoms with van der Waals surface area (Å²) in [5, 5.41) is 13.2. The number of aromatic nitrogens is 1. The minimum Gasteiger partial charge on any atom is -0.457 e. The van der Waals surface area contributed by atoms with Gasteiger partial charge in [0.25, 0.3) is 21.6 Å². The number of furan rings is 1. The Hall–Kier alpha value is -4.53. The van der Waals surface area contributed by atoms with Crippen LogP contribution in [0.1, 0.15) is 5.76 Å². The average Bonchev–Trinajstić information content (AvgIpc) is 3.68. The number of rotatable bonds is 9. The molecule has 1 aliphatic heterocycles. The molecule has 0 aliphatic carbocycles. The number of aliphatic imine (C=N–C) groups is 1. The molecule has 11 nitrogen and oxygen atoms in total. The number of thiazole rings is 1. The first-order valence-electron chi connectivity index (χ1n) is 11.5. The highest BCUT2D eigenvalue weighted by Gasteiger charge is 2.33. The number of non-ortho nitro benzene ring substituents is 1. The van der Waals surface area contributed by atoms with Gasteiger partial charge in [-0.1, -0.05) is 6.08 Å². The maximum atomic E-state index is 13.1. The standard InChI is InChI=1S/C26H19N5O6S3/c1-2-14-30-24(32)23(16-20-9-12-22(37-20)17-3-7-19(8-4-17)31(33)34)39-26(30)28-18-5-10-21(11-6-18)40(35,36)29-25-27-13-15-38-25/h2-13,15-16H,1,14H2,(H,27,29). The molecule has 4 aromatic rings. The van der Waals surface area contributed by atoms with Crippen LogP contribution in [0.5, 0.6) is 0 Å². The van der Waals surface area contributed by atoms with Gasteiger partial charge in [-0.2, -0.15) is 0 Å². The quantitative estimate of drug-likeness (QED) is 0.109. The van der Waals surface area contributed by atoms with Crippen molar-refractivity contribution in [1.29, 1.82) is 0 Å². The summed E-state index contributed by atoms with van der Waals surface area (Å²) in [6.07, 6.45) is 4.68. The first-order chi connectivity index (χ1) is 19.2. The zero-order valence-corrected chi connectivity index (χ0v) is 22.9. The number of nitro groups is 1. The molecule has 3 heterocycles. The number of nitrogens with one attached hydrogen (secondary N) is 1. The molecule has 1 aliphatic rings. The Labute approximate surface area is 236 Å². The van der Waals surface area contributed by atoms with E-state index in [2.05, 4.69) is 21.3 Å². The molecule has 2 aromatic heterocycles. The Morgan fingerprint density at radius 2 is 1.88 bits per heavy atom. The van der Waals surface area contributed by atoms with Crippen molar-refractivity contribution in [1.82, 2.24) is 9.88 Å². The van der Waals surface area contributed by atoms with Gasteiger partial charge in [-0.15, -0.1) is 17.9 Å². The molecule has 2 aromatic carbocycles. The maximum Gasteiger partial charge on any atom is 0.269 e. The monoisotopic (exact) mass is 593 g/mol. The van der Waals surface area contributed by atoms with Crippen molar-refractivity contribution in [3.63, 3.8) is 0 Å². The molecular formula is C26H19N5O6S3. The SMILES string of the molecule is C=CCN1C(=O)C(=Cc2ccc(-c3ccc([N+](=O)[O-])cc3)o2)SC1=Nc1ccc(S(=O)(=O)Nc2nccs2)cc1. The second-order valence-electron chi connectivity index (χ2n) is 8.15. The second-order valence-corrected chi connectivity index (χ2v) is 11.7. The van der Waals surface area contributed by atoms with E-state index in [4.69, 9.17) is 4.42 Å². The van der Waals surface area contributed by atoms with Gasteiger partial charge >= 0.3 is 0 Å². The van der Waals surface area contributed by atoms with E-state index in [0.29, 0.717) is 32.8 Å². The van der Waals surface area contributed by atoms with Crippen LogP contribution in [0.2, 0.25) is 0 Å². The Morgan fingerprint density at radius 3 is 2.52 bits per heavy atom. The summed E-state index contributed by atoms with van der Waals surface area (Å²) in [5.41, 5.74) is 1.09. The minimum absolute atomic E-state index is 0.0247. The Morgan fingerprint density at radius 1 is 1.12 bits per heavy atom. The summed E-state index contributed by atoms with van der Waals surface area (Å²) in [6.45, 7) is 3.94. The fourth-order valence-corrected chi connectivity index (χ4v) is 6.38. The van der Waals surface area contributed by atoms with Gasteiger partial charge in [0.15, 0.2) is 10.3 Å². The van der Waals surface area contributed by atoms with Gasteiger partial charge in [0.1, 0.15) is 11.5 Å². The molecule has 0 atom stereocenters. The highest BCUT2D eigenvalue weighted by Crippen LogP contribution is 2.35. The molecule has 1 N–H and O–H groups in total. The number of benzene rings is 2. The first kappa shape index (κ1) is 27.1.